The second-order valence-corrected chi connectivity index (χ2v) is 8.38. The van der Waals surface area contributed by atoms with Gasteiger partial charge in [-0.15, -0.1) is 12.4 Å². The molecule has 0 fully saturated rings. The van der Waals surface area contributed by atoms with Crippen LogP contribution in [-0.4, -0.2) is 53.5 Å². The van der Waals surface area contributed by atoms with E-state index >= 15 is 0 Å². The minimum atomic E-state index is -0.572. The second-order valence-electron chi connectivity index (χ2n) is 6.93. The van der Waals surface area contributed by atoms with Gasteiger partial charge in [0.15, 0.2) is 5.13 Å². The van der Waals surface area contributed by atoms with E-state index in [0.29, 0.717) is 36.1 Å². The van der Waals surface area contributed by atoms with Gasteiger partial charge >= 0.3 is 0 Å². The minimum absolute atomic E-state index is 0. The molecular formula is C22H26Cl2N4O4S. The molecule has 0 atom stereocenters. The van der Waals surface area contributed by atoms with Crippen LogP contribution >= 0.6 is 35.3 Å². The molecule has 0 aliphatic heterocycles. The number of benzene rings is 2. The highest BCUT2D eigenvalue weighted by molar-refractivity contribution is 7.22. The van der Waals surface area contributed by atoms with Crippen molar-refractivity contribution in [2.75, 3.05) is 37.7 Å². The number of para-hydroxylation sites is 1. The fourth-order valence-electron chi connectivity index (χ4n) is 3.35. The highest BCUT2D eigenvalue weighted by atomic mass is 35.5. The average Bonchev–Trinajstić information content (AvgIpc) is 3.21. The summed E-state index contributed by atoms with van der Waals surface area (Å²) in [4.78, 5) is 32.9. The van der Waals surface area contributed by atoms with E-state index in [-0.39, 0.29) is 28.7 Å². The van der Waals surface area contributed by atoms with E-state index in [1.54, 1.807) is 0 Å². The van der Waals surface area contributed by atoms with Crippen molar-refractivity contribution in [1.29, 1.82) is 0 Å². The number of ether oxygens (including phenoxy) is 1. The molecule has 0 aliphatic rings. The first kappa shape index (κ1) is 26.8. The maximum Gasteiger partial charge on any atom is 0.282 e. The molecule has 2 aromatic carbocycles. The van der Waals surface area contributed by atoms with Gasteiger partial charge in [-0.2, -0.15) is 0 Å². The molecule has 0 spiro atoms. The van der Waals surface area contributed by atoms with Crippen LogP contribution in [-0.2, 0) is 0 Å². The quantitative estimate of drug-likeness (QED) is 0.257. The normalized spacial score (nSPS) is 10.8. The highest BCUT2D eigenvalue weighted by Crippen LogP contribution is 2.35. The Morgan fingerprint density at radius 3 is 2.55 bits per heavy atom. The summed E-state index contributed by atoms with van der Waals surface area (Å²) in [5.74, 6) is 0.126. The van der Waals surface area contributed by atoms with Crippen molar-refractivity contribution in [3.8, 4) is 5.75 Å². The number of hydrogen-bond donors (Lipinski definition) is 0. The summed E-state index contributed by atoms with van der Waals surface area (Å²) in [6.45, 7) is 9.05. The van der Waals surface area contributed by atoms with Crippen LogP contribution in [0.1, 0.15) is 31.1 Å². The lowest BCUT2D eigenvalue weighted by atomic mass is 10.1. The zero-order chi connectivity index (χ0) is 23.3. The summed E-state index contributed by atoms with van der Waals surface area (Å²) >= 11 is 7.42. The molecule has 1 heterocycles. The van der Waals surface area contributed by atoms with Crippen LogP contribution in [0.25, 0.3) is 10.2 Å². The molecule has 8 nitrogen and oxygen atoms in total. The first-order chi connectivity index (χ1) is 15.4. The van der Waals surface area contributed by atoms with Gasteiger partial charge < -0.3 is 9.64 Å². The van der Waals surface area contributed by atoms with Gasteiger partial charge in [0.1, 0.15) is 16.8 Å². The van der Waals surface area contributed by atoms with Gasteiger partial charge in [-0.05, 0) is 44.3 Å². The van der Waals surface area contributed by atoms with Gasteiger partial charge in [-0.3, -0.25) is 19.8 Å². The number of halogens is 2. The lowest BCUT2D eigenvalue weighted by molar-refractivity contribution is -0.385. The fraction of sp³-hybridized carbons (Fsp3) is 0.364. The molecule has 178 valence electrons. The van der Waals surface area contributed by atoms with Gasteiger partial charge in [0.2, 0.25) is 0 Å². The van der Waals surface area contributed by atoms with E-state index in [9.17, 15) is 14.9 Å². The number of nitrogens with zero attached hydrogens (tertiary/aromatic N) is 4. The van der Waals surface area contributed by atoms with E-state index in [2.05, 4.69) is 9.88 Å². The number of nitro groups is 1. The number of carbonyl (C=O) groups excluding carboxylic acids is 1. The van der Waals surface area contributed by atoms with E-state index in [1.165, 1.54) is 34.4 Å². The number of hydrogen-bond acceptors (Lipinski definition) is 7. The van der Waals surface area contributed by atoms with Crippen LogP contribution in [0.2, 0.25) is 5.02 Å². The highest BCUT2D eigenvalue weighted by Gasteiger charge is 2.28. The third-order valence-electron chi connectivity index (χ3n) is 5.07. The molecule has 1 aromatic heterocycles. The predicted molar refractivity (Wildman–Crippen MR) is 136 cm³/mol. The molecule has 3 rings (SSSR count). The number of aromatic nitrogens is 1. The Morgan fingerprint density at radius 1 is 1.18 bits per heavy atom. The summed E-state index contributed by atoms with van der Waals surface area (Å²) < 4.78 is 6.55. The summed E-state index contributed by atoms with van der Waals surface area (Å²) in [5, 5.41) is 12.3. The Labute approximate surface area is 207 Å². The van der Waals surface area contributed by atoms with Gasteiger partial charge in [-0.1, -0.05) is 42.9 Å². The molecule has 0 bridgehead atoms. The maximum absolute atomic E-state index is 13.6. The van der Waals surface area contributed by atoms with Gasteiger partial charge in [-0.25, -0.2) is 4.98 Å². The maximum atomic E-state index is 13.6. The summed E-state index contributed by atoms with van der Waals surface area (Å²) in [6.07, 6.45) is 0. The molecule has 0 N–H and O–H groups in total. The van der Waals surface area contributed by atoms with Gasteiger partial charge in [0, 0.05) is 24.2 Å². The number of likely N-dealkylation sites (N-methyl/N-ethyl adjacent to an activating group) is 1. The van der Waals surface area contributed by atoms with Crippen LogP contribution in [0.3, 0.4) is 0 Å². The predicted octanol–water partition coefficient (Wildman–Crippen LogP) is 5.67. The van der Waals surface area contributed by atoms with Gasteiger partial charge in [0.25, 0.3) is 11.6 Å². The lowest BCUT2D eigenvalue weighted by Gasteiger charge is -2.24. The summed E-state index contributed by atoms with van der Waals surface area (Å²) in [7, 11) is 0. The lowest BCUT2D eigenvalue weighted by Crippen LogP contribution is -2.39. The van der Waals surface area contributed by atoms with E-state index in [4.69, 9.17) is 16.3 Å². The van der Waals surface area contributed by atoms with Crippen LogP contribution in [0.4, 0.5) is 10.8 Å². The first-order valence-corrected chi connectivity index (χ1v) is 11.6. The largest absolute Gasteiger partial charge is 0.492 e. The average molecular weight is 513 g/mol. The van der Waals surface area contributed by atoms with Crippen molar-refractivity contribution < 1.29 is 14.5 Å². The Hall–Kier alpha value is -2.46. The molecule has 0 unspecified atom stereocenters. The number of thiazole rings is 1. The molecule has 0 aliphatic carbocycles. The monoisotopic (exact) mass is 512 g/mol. The van der Waals surface area contributed by atoms with Crippen LogP contribution in [0, 0.1) is 10.1 Å². The van der Waals surface area contributed by atoms with Crippen molar-refractivity contribution in [2.45, 2.75) is 20.8 Å². The van der Waals surface area contributed by atoms with Crippen LogP contribution in [0.15, 0.2) is 36.4 Å². The van der Waals surface area contributed by atoms with Crippen molar-refractivity contribution in [2.24, 2.45) is 0 Å². The smallest absolute Gasteiger partial charge is 0.282 e. The zero-order valence-electron chi connectivity index (χ0n) is 18.6. The van der Waals surface area contributed by atoms with Crippen molar-refractivity contribution >= 4 is 62.3 Å². The number of carbonyl (C=O) groups is 1. The second kappa shape index (κ2) is 12.1. The van der Waals surface area contributed by atoms with Gasteiger partial charge in [0.05, 0.1) is 16.2 Å². The Kier molecular flexibility index (Phi) is 9.85. The molecule has 0 saturated carbocycles. The first-order valence-electron chi connectivity index (χ1n) is 10.4. The number of nitro benzene ring substituents is 1. The van der Waals surface area contributed by atoms with E-state index in [1.807, 2.05) is 39.0 Å². The Balaban J connectivity index is 0.00000385. The third-order valence-corrected chi connectivity index (χ3v) is 6.35. The number of amides is 1. The molecule has 3 aromatic rings. The molecular weight excluding hydrogens is 487 g/mol. The summed E-state index contributed by atoms with van der Waals surface area (Å²) in [5.41, 5.74) is 0.310. The van der Waals surface area contributed by atoms with Crippen molar-refractivity contribution in [1.82, 2.24) is 9.88 Å². The van der Waals surface area contributed by atoms with E-state index in [0.717, 1.165) is 17.8 Å². The topological polar surface area (TPSA) is 88.8 Å². The van der Waals surface area contributed by atoms with Crippen molar-refractivity contribution in [3.63, 3.8) is 0 Å². The van der Waals surface area contributed by atoms with Crippen LogP contribution in [0.5, 0.6) is 5.75 Å². The molecule has 11 heteroatoms. The number of fused-ring (bicyclic) bond motifs is 1. The minimum Gasteiger partial charge on any atom is -0.492 e. The van der Waals surface area contributed by atoms with E-state index < -0.39 is 10.8 Å². The Morgan fingerprint density at radius 2 is 1.91 bits per heavy atom. The number of rotatable bonds is 10. The molecule has 0 saturated heterocycles. The molecule has 0 radical (unpaired) electrons. The Bertz CT molecular complexity index is 1120. The summed E-state index contributed by atoms with van der Waals surface area (Å²) in [6, 6.07) is 9.62. The molecule has 1 amide bonds. The van der Waals surface area contributed by atoms with Crippen LogP contribution < -0.4 is 9.64 Å². The third kappa shape index (κ3) is 6.11. The standard InChI is InChI=1S/C22H25ClN4O4S.ClH/c1-4-25(5-2)12-13-26(21(28)16-14-15(23)10-11-17(16)27(29)30)22-24-20-18(31-6-3)8-7-9-19(20)32-22;/h7-11,14H,4-6,12-13H2,1-3H3;1H. The number of anilines is 1. The zero-order valence-corrected chi connectivity index (χ0v) is 21.0. The SMILES string of the molecule is CCOc1cccc2sc(N(CCN(CC)CC)C(=O)c3cc(Cl)ccc3[N+](=O)[O-])nc12.Cl. The van der Waals surface area contributed by atoms with Crippen molar-refractivity contribution in [3.05, 3.63) is 57.1 Å². The fourth-order valence-corrected chi connectivity index (χ4v) is 4.53. The molecule has 33 heavy (non-hydrogen) atoms.